The average molecular weight is 411 g/mol. The van der Waals surface area contributed by atoms with Crippen LogP contribution in [0.3, 0.4) is 0 Å². The second-order valence-corrected chi connectivity index (χ2v) is 8.81. The molecular formula is C23H26N2O3S. The molecule has 0 aliphatic carbocycles. The molecule has 0 aliphatic rings. The second kappa shape index (κ2) is 8.27. The number of anilines is 2. The van der Waals surface area contributed by atoms with Gasteiger partial charge < -0.3 is 9.80 Å². The summed E-state index contributed by atoms with van der Waals surface area (Å²) in [6.45, 7) is 0. The molecule has 0 bridgehead atoms. The van der Waals surface area contributed by atoms with Gasteiger partial charge in [0.2, 0.25) is 0 Å². The molecule has 0 heterocycles. The molecule has 3 rings (SSSR count). The Labute approximate surface area is 173 Å². The molecule has 1 N–H and O–H groups in total. The van der Waals surface area contributed by atoms with E-state index in [1.165, 1.54) is 6.07 Å². The molecule has 3 aromatic rings. The maximum Gasteiger partial charge on any atom is 0.294 e. The highest BCUT2D eigenvalue weighted by molar-refractivity contribution is 7.85. The van der Waals surface area contributed by atoms with E-state index < -0.39 is 10.1 Å². The van der Waals surface area contributed by atoms with Gasteiger partial charge in [-0.05, 0) is 47.0 Å². The Bertz CT molecular complexity index is 1020. The van der Waals surface area contributed by atoms with Gasteiger partial charge in [0.1, 0.15) is 0 Å². The molecule has 0 amide bonds. The third-order valence-electron chi connectivity index (χ3n) is 4.99. The summed E-state index contributed by atoms with van der Waals surface area (Å²) in [5, 5.41) is 0. The standard InChI is InChI=1S/C23H26N2O3S/c1-24(2)19-13-9-17(10-14-19)23(18-11-15-20(16-12-18)25(3)4)21-7-5-6-8-22(21)29(26,27)28/h5-16,23H,1-4H3,(H,26,27,28). The van der Waals surface area contributed by atoms with Crippen molar-refractivity contribution in [3.63, 3.8) is 0 Å². The molecular weight excluding hydrogens is 384 g/mol. The topological polar surface area (TPSA) is 60.9 Å². The van der Waals surface area contributed by atoms with Gasteiger partial charge in [0, 0.05) is 45.5 Å². The van der Waals surface area contributed by atoms with E-state index in [-0.39, 0.29) is 10.8 Å². The fourth-order valence-corrected chi connectivity index (χ4v) is 4.17. The van der Waals surface area contributed by atoms with E-state index in [1.54, 1.807) is 18.2 Å². The van der Waals surface area contributed by atoms with Crippen LogP contribution in [-0.4, -0.2) is 41.2 Å². The lowest BCUT2D eigenvalue weighted by molar-refractivity contribution is 0.482. The van der Waals surface area contributed by atoms with Crippen molar-refractivity contribution in [2.24, 2.45) is 0 Å². The summed E-state index contributed by atoms with van der Waals surface area (Å²) in [6.07, 6.45) is 0. The van der Waals surface area contributed by atoms with Crippen LogP contribution in [0.25, 0.3) is 0 Å². The van der Waals surface area contributed by atoms with Gasteiger partial charge in [-0.1, -0.05) is 42.5 Å². The molecule has 0 unspecified atom stereocenters. The molecule has 0 saturated carbocycles. The van der Waals surface area contributed by atoms with Crippen molar-refractivity contribution in [1.29, 1.82) is 0 Å². The quantitative estimate of drug-likeness (QED) is 0.486. The molecule has 0 saturated heterocycles. The third kappa shape index (κ3) is 4.60. The first-order chi connectivity index (χ1) is 13.7. The maximum absolute atomic E-state index is 12.0. The smallest absolute Gasteiger partial charge is 0.294 e. The molecule has 0 fully saturated rings. The fourth-order valence-electron chi connectivity index (χ4n) is 3.44. The van der Waals surface area contributed by atoms with E-state index >= 15 is 0 Å². The van der Waals surface area contributed by atoms with Crippen molar-refractivity contribution in [1.82, 2.24) is 0 Å². The van der Waals surface area contributed by atoms with E-state index in [1.807, 2.05) is 86.5 Å². The molecule has 152 valence electrons. The summed E-state index contributed by atoms with van der Waals surface area (Å²) in [4.78, 5) is 3.95. The van der Waals surface area contributed by atoms with Gasteiger partial charge in [-0.2, -0.15) is 8.42 Å². The van der Waals surface area contributed by atoms with Crippen LogP contribution in [0.1, 0.15) is 22.6 Å². The van der Waals surface area contributed by atoms with Crippen LogP contribution in [0.5, 0.6) is 0 Å². The molecule has 0 atom stereocenters. The summed E-state index contributed by atoms with van der Waals surface area (Å²) >= 11 is 0. The molecule has 6 heteroatoms. The first-order valence-electron chi connectivity index (χ1n) is 9.29. The van der Waals surface area contributed by atoms with Gasteiger partial charge in [-0.15, -0.1) is 0 Å². The summed E-state index contributed by atoms with van der Waals surface area (Å²) in [5.74, 6) is -0.333. The zero-order chi connectivity index (χ0) is 21.2. The Morgan fingerprint density at radius 1 is 0.690 bits per heavy atom. The fraction of sp³-hybridized carbons (Fsp3) is 0.217. The Balaban J connectivity index is 2.20. The molecule has 3 aromatic carbocycles. The monoisotopic (exact) mass is 410 g/mol. The molecule has 29 heavy (non-hydrogen) atoms. The maximum atomic E-state index is 12.0. The van der Waals surface area contributed by atoms with Crippen molar-refractivity contribution < 1.29 is 13.0 Å². The van der Waals surface area contributed by atoms with Crippen LogP contribution < -0.4 is 9.80 Å². The van der Waals surface area contributed by atoms with Crippen molar-refractivity contribution in [2.75, 3.05) is 38.0 Å². The van der Waals surface area contributed by atoms with Crippen molar-refractivity contribution in [3.8, 4) is 0 Å². The minimum absolute atomic E-state index is 0.0710. The number of rotatable bonds is 6. The van der Waals surface area contributed by atoms with Gasteiger partial charge in [-0.25, -0.2) is 0 Å². The largest absolute Gasteiger partial charge is 0.378 e. The van der Waals surface area contributed by atoms with E-state index in [4.69, 9.17) is 0 Å². The molecule has 0 aliphatic heterocycles. The van der Waals surface area contributed by atoms with E-state index in [0.29, 0.717) is 5.56 Å². The van der Waals surface area contributed by atoms with Crippen LogP contribution in [0.4, 0.5) is 11.4 Å². The van der Waals surface area contributed by atoms with Crippen LogP contribution in [-0.2, 0) is 10.1 Å². The second-order valence-electron chi connectivity index (χ2n) is 7.42. The summed E-state index contributed by atoms with van der Waals surface area (Å²) in [5.41, 5.74) is 4.55. The zero-order valence-corrected chi connectivity index (χ0v) is 17.9. The SMILES string of the molecule is CN(C)c1ccc(C(c2ccc(N(C)C)cc2)c2ccccc2S(=O)(=O)O)cc1. The summed E-state index contributed by atoms with van der Waals surface area (Å²) in [6, 6.07) is 22.6. The van der Waals surface area contributed by atoms with Crippen LogP contribution in [0, 0.1) is 0 Å². The normalized spacial score (nSPS) is 11.5. The Morgan fingerprint density at radius 2 is 1.10 bits per heavy atom. The lowest BCUT2D eigenvalue weighted by atomic mass is 9.85. The van der Waals surface area contributed by atoms with E-state index in [9.17, 15) is 13.0 Å². The highest BCUT2D eigenvalue weighted by Gasteiger charge is 2.24. The summed E-state index contributed by atoms with van der Waals surface area (Å²) in [7, 11) is 3.54. The first-order valence-corrected chi connectivity index (χ1v) is 10.7. The predicted octanol–water partition coefficient (Wildman–Crippen LogP) is 4.25. The van der Waals surface area contributed by atoms with Gasteiger partial charge in [0.25, 0.3) is 10.1 Å². The van der Waals surface area contributed by atoms with E-state index in [2.05, 4.69) is 0 Å². The highest BCUT2D eigenvalue weighted by atomic mass is 32.2. The number of benzene rings is 3. The Hall–Kier alpha value is -2.83. The van der Waals surface area contributed by atoms with Crippen LogP contribution in [0.15, 0.2) is 77.7 Å². The predicted molar refractivity (Wildman–Crippen MR) is 119 cm³/mol. The Morgan fingerprint density at radius 3 is 1.48 bits per heavy atom. The molecule has 0 aromatic heterocycles. The van der Waals surface area contributed by atoms with Crippen molar-refractivity contribution in [2.45, 2.75) is 10.8 Å². The third-order valence-corrected chi connectivity index (χ3v) is 5.92. The van der Waals surface area contributed by atoms with Crippen molar-refractivity contribution >= 4 is 21.5 Å². The summed E-state index contributed by atoms with van der Waals surface area (Å²) < 4.78 is 33.9. The van der Waals surface area contributed by atoms with Crippen LogP contribution >= 0.6 is 0 Å². The highest BCUT2D eigenvalue weighted by Crippen LogP contribution is 2.36. The minimum atomic E-state index is -4.35. The lowest BCUT2D eigenvalue weighted by Gasteiger charge is -2.23. The van der Waals surface area contributed by atoms with Gasteiger partial charge in [-0.3, -0.25) is 4.55 Å². The van der Waals surface area contributed by atoms with Gasteiger partial charge >= 0.3 is 0 Å². The van der Waals surface area contributed by atoms with Crippen molar-refractivity contribution in [3.05, 3.63) is 89.5 Å². The van der Waals surface area contributed by atoms with Gasteiger partial charge in [0.05, 0.1) is 4.90 Å². The van der Waals surface area contributed by atoms with Crippen LogP contribution in [0.2, 0.25) is 0 Å². The van der Waals surface area contributed by atoms with E-state index in [0.717, 1.165) is 22.5 Å². The zero-order valence-electron chi connectivity index (χ0n) is 17.1. The number of hydrogen-bond acceptors (Lipinski definition) is 4. The Kier molecular flexibility index (Phi) is 5.96. The molecule has 5 nitrogen and oxygen atoms in total. The average Bonchev–Trinajstić information content (AvgIpc) is 2.68. The molecule has 0 spiro atoms. The minimum Gasteiger partial charge on any atom is -0.378 e. The van der Waals surface area contributed by atoms with Gasteiger partial charge in [0.15, 0.2) is 0 Å². The number of hydrogen-bond donors (Lipinski definition) is 1. The number of nitrogens with zero attached hydrogens (tertiary/aromatic N) is 2. The molecule has 0 radical (unpaired) electrons. The first kappa shape index (κ1) is 20.9. The lowest BCUT2D eigenvalue weighted by Crippen LogP contribution is -2.12.